The molecular formula is C15H27NO2. The number of carbonyl (C=O) groups excluding carboxylic acids is 1. The Hall–Kier alpha value is -0.990. The third-order valence-electron chi connectivity index (χ3n) is 3.14. The highest BCUT2D eigenvalue weighted by Gasteiger charge is 2.23. The van der Waals surface area contributed by atoms with Gasteiger partial charge in [-0.15, -0.1) is 0 Å². The number of hydrogen-bond acceptors (Lipinski definition) is 2. The first-order valence-electron chi connectivity index (χ1n) is 7.07. The number of ether oxygens (including phenoxy) is 1. The molecule has 0 saturated heterocycles. The summed E-state index contributed by atoms with van der Waals surface area (Å²) in [6.07, 6.45) is 9.82. The molecule has 1 aliphatic carbocycles. The highest BCUT2D eigenvalue weighted by atomic mass is 16.6. The van der Waals surface area contributed by atoms with Crippen molar-refractivity contribution in [1.29, 1.82) is 0 Å². The Balaban J connectivity index is 2.27. The Morgan fingerprint density at radius 1 is 1.28 bits per heavy atom. The lowest BCUT2D eigenvalue weighted by Crippen LogP contribution is -2.40. The predicted octanol–water partition coefficient (Wildman–Crippen LogP) is 4.04. The molecule has 1 aliphatic rings. The fraction of sp³-hybridized carbons (Fsp3) is 0.800. The van der Waals surface area contributed by atoms with Gasteiger partial charge in [-0.2, -0.15) is 0 Å². The van der Waals surface area contributed by atoms with E-state index in [-0.39, 0.29) is 12.1 Å². The second-order valence-electron chi connectivity index (χ2n) is 6.09. The quantitative estimate of drug-likeness (QED) is 0.771. The molecule has 0 spiro atoms. The summed E-state index contributed by atoms with van der Waals surface area (Å²) in [4.78, 5) is 11.6. The van der Waals surface area contributed by atoms with E-state index in [0.29, 0.717) is 5.92 Å². The zero-order valence-electron chi connectivity index (χ0n) is 12.2. The zero-order valence-corrected chi connectivity index (χ0v) is 12.2. The van der Waals surface area contributed by atoms with Crippen molar-refractivity contribution in [2.45, 2.75) is 71.4 Å². The Labute approximate surface area is 111 Å². The molecule has 3 nitrogen and oxygen atoms in total. The summed E-state index contributed by atoms with van der Waals surface area (Å²) < 4.78 is 5.27. The van der Waals surface area contributed by atoms with Gasteiger partial charge in [0.05, 0.1) is 0 Å². The SMILES string of the molecule is CCC=C[C@H]1CC[C@H](NC(=O)OC(C)(C)C)CC1. The molecule has 0 aromatic carbocycles. The van der Waals surface area contributed by atoms with E-state index in [1.807, 2.05) is 20.8 Å². The van der Waals surface area contributed by atoms with Gasteiger partial charge >= 0.3 is 6.09 Å². The molecule has 1 amide bonds. The third kappa shape index (κ3) is 6.08. The van der Waals surface area contributed by atoms with Crippen molar-refractivity contribution in [3.8, 4) is 0 Å². The van der Waals surface area contributed by atoms with Crippen LogP contribution >= 0.6 is 0 Å². The Kier molecular flexibility index (Phi) is 5.70. The molecule has 3 heteroatoms. The molecule has 104 valence electrons. The second-order valence-corrected chi connectivity index (χ2v) is 6.09. The first kappa shape index (κ1) is 15.1. The number of carbonyl (C=O) groups is 1. The summed E-state index contributed by atoms with van der Waals surface area (Å²) in [6.45, 7) is 7.82. The van der Waals surface area contributed by atoms with E-state index in [1.54, 1.807) is 0 Å². The number of nitrogens with one attached hydrogen (secondary N) is 1. The summed E-state index contributed by atoms with van der Waals surface area (Å²) in [5.41, 5.74) is -0.412. The lowest BCUT2D eigenvalue weighted by molar-refractivity contribution is 0.0490. The van der Waals surface area contributed by atoms with Crippen molar-refractivity contribution in [1.82, 2.24) is 5.32 Å². The molecular weight excluding hydrogens is 226 g/mol. The maximum atomic E-state index is 11.6. The average Bonchev–Trinajstić information content (AvgIpc) is 2.25. The molecule has 0 bridgehead atoms. The van der Waals surface area contributed by atoms with Crippen molar-refractivity contribution >= 4 is 6.09 Å². The normalized spacial score (nSPS) is 25.1. The van der Waals surface area contributed by atoms with E-state index in [9.17, 15) is 4.79 Å². The Morgan fingerprint density at radius 2 is 1.89 bits per heavy atom. The molecule has 0 aliphatic heterocycles. The van der Waals surface area contributed by atoms with Crippen LogP contribution in [0.15, 0.2) is 12.2 Å². The van der Waals surface area contributed by atoms with Crippen molar-refractivity contribution in [2.75, 3.05) is 0 Å². The number of hydrogen-bond donors (Lipinski definition) is 1. The van der Waals surface area contributed by atoms with E-state index in [1.165, 1.54) is 0 Å². The van der Waals surface area contributed by atoms with Gasteiger partial charge in [-0.05, 0) is 58.8 Å². The fourth-order valence-corrected chi connectivity index (χ4v) is 2.26. The van der Waals surface area contributed by atoms with Crippen LogP contribution in [0.5, 0.6) is 0 Å². The highest BCUT2D eigenvalue weighted by molar-refractivity contribution is 5.68. The standard InChI is InChI=1S/C15H27NO2/c1-5-6-7-12-8-10-13(11-9-12)16-14(17)18-15(2,3)4/h6-7,12-13H,5,8-11H2,1-4H3,(H,16,17)/t12-,13-. The van der Waals surface area contributed by atoms with Gasteiger partial charge in [-0.1, -0.05) is 19.1 Å². The van der Waals surface area contributed by atoms with Gasteiger partial charge in [0.15, 0.2) is 0 Å². The van der Waals surface area contributed by atoms with Crippen LogP contribution in [0.1, 0.15) is 59.8 Å². The van der Waals surface area contributed by atoms with Gasteiger partial charge in [0.2, 0.25) is 0 Å². The minimum Gasteiger partial charge on any atom is -0.444 e. The topological polar surface area (TPSA) is 38.3 Å². The van der Waals surface area contributed by atoms with Gasteiger partial charge in [-0.25, -0.2) is 4.79 Å². The van der Waals surface area contributed by atoms with Crippen LogP contribution in [0.2, 0.25) is 0 Å². The van der Waals surface area contributed by atoms with Gasteiger partial charge < -0.3 is 10.1 Å². The van der Waals surface area contributed by atoms with Crippen LogP contribution in [0.25, 0.3) is 0 Å². The van der Waals surface area contributed by atoms with Crippen molar-refractivity contribution < 1.29 is 9.53 Å². The maximum absolute atomic E-state index is 11.6. The largest absolute Gasteiger partial charge is 0.444 e. The number of rotatable bonds is 3. The van der Waals surface area contributed by atoms with Crippen LogP contribution in [0.4, 0.5) is 4.79 Å². The van der Waals surface area contributed by atoms with Gasteiger partial charge in [-0.3, -0.25) is 0 Å². The van der Waals surface area contributed by atoms with Crippen LogP contribution in [0.3, 0.4) is 0 Å². The lowest BCUT2D eigenvalue weighted by atomic mass is 9.86. The number of alkyl carbamates (subject to hydrolysis) is 1. The van der Waals surface area contributed by atoms with Crippen LogP contribution in [0, 0.1) is 5.92 Å². The van der Waals surface area contributed by atoms with Crippen LogP contribution in [-0.2, 0) is 4.74 Å². The lowest BCUT2D eigenvalue weighted by Gasteiger charge is -2.28. The molecule has 1 saturated carbocycles. The molecule has 0 unspecified atom stereocenters. The summed E-state index contributed by atoms with van der Waals surface area (Å²) in [5, 5.41) is 2.97. The minimum absolute atomic E-state index is 0.282. The smallest absolute Gasteiger partial charge is 0.407 e. The fourth-order valence-electron chi connectivity index (χ4n) is 2.26. The average molecular weight is 253 g/mol. The van der Waals surface area contributed by atoms with Gasteiger partial charge in [0, 0.05) is 6.04 Å². The monoisotopic (exact) mass is 253 g/mol. The molecule has 0 atom stereocenters. The third-order valence-corrected chi connectivity index (χ3v) is 3.14. The molecule has 0 aromatic heterocycles. The maximum Gasteiger partial charge on any atom is 0.407 e. The summed E-state index contributed by atoms with van der Waals surface area (Å²) in [6, 6.07) is 0.283. The summed E-state index contributed by atoms with van der Waals surface area (Å²) in [5.74, 6) is 0.696. The predicted molar refractivity (Wildman–Crippen MR) is 74.5 cm³/mol. The summed E-state index contributed by atoms with van der Waals surface area (Å²) in [7, 11) is 0. The molecule has 0 aromatic rings. The molecule has 1 fully saturated rings. The van der Waals surface area contributed by atoms with Crippen LogP contribution < -0.4 is 5.32 Å². The Bertz CT molecular complexity index is 283. The number of allylic oxidation sites excluding steroid dienone is 2. The van der Waals surface area contributed by atoms with E-state index in [2.05, 4.69) is 24.4 Å². The number of amides is 1. The minimum atomic E-state index is -0.412. The van der Waals surface area contributed by atoms with Gasteiger partial charge in [0.1, 0.15) is 5.60 Å². The molecule has 1 N–H and O–H groups in total. The second kappa shape index (κ2) is 6.81. The van der Waals surface area contributed by atoms with E-state index in [4.69, 9.17) is 4.74 Å². The van der Waals surface area contributed by atoms with E-state index < -0.39 is 5.60 Å². The van der Waals surface area contributed by atoms with Crippen molar-refractivity contribution in [2.24, 2.45) is 5.92 Å². The first-order valence-corrected chi connectivity index (χ1v) is 7.07. The van der Waals surface area contributed by atoms with Gasteiger partial charge in [0.25, 0.3) is 0 Å². The van der Waals surface area contributed by atoms with E-state index >= 15 is 0 Å². The van der Waals surface area contributed by atoms with Crippen LogP contribution in [-0.4, -0.2) is 17.7 Å². The highest BCUT2D eigenvalue weighted by Crippen LogP contribution is 2.25. The van der Waals surface area contributed by atoms with E-state index in [0.717, 1.165) is 32.1 Å². The molecule has 18 heavy (non-hydrogen) atoms. The molecule has 0 heterocycles. The zero-order chi connectivity index (χ0) is 13.6. The Morgan fingerprint density at radius 3 is 2.39 bits per heavy atom. The first-order chi connectivity index (χ1) is 8.40. The van der Waals surface area contributed by atoms with Crippen molar-refractivity contribution in [3.05, 3.63) is 12.2 Å². The molecule has 0 radical (unpaired) electrons. The summed E-state index contributed by atoms with van der Waals surface area (Å²) >= 11 is 0. The molecule has 1 rings (SSSR count). The van der Waals surface area contributed by atoms with Crippen molar-refractivity contribution in [3.63, 3.8) is 0 Å².